The Labute approximate surface area is 194 Å². The minimum atomic E-state index is -4.55. The summed E-state index contributed by atoms with van der Waals surface area (Å²) < 4.78 is 48.1. The lowest BCUT2D eigenvalue weighted by atomic mass is 10.0. The molecule has 184 valence electrons. The molecule has 0 aromatic heterocycles. The van der Waals surface area contributed by atoms with Crippen LogP contribution in [0, 0.1) is 0 Å². The van der Waals surface area contributed by atoms with E-state index >= 15 is 0 Å². The molecule has 0 unspecified atom stereocenters. The third-order valence-electron chi connectivity index (χ3n) is 4.63. The number of amides is 1. The molecule has 0 fully saturated rings. The van der Waals surface area contributed by atoms with Gasteiger partial charge in [0.15, 0.2) is 6.10 Å². The first-order chi connectivity index (χ1) is 15.7. The van der Waals surface area contributed by atoms with Crippen molar-refractivity contribution in [2.45, 2.75) is 51.1 Å². The van der Waals surface area contributed by atoms with E-state index < -0.39 is 47.3 Å². The standard InChI is InChI=1S/C24H26F3NO6/c1-23(2,3)34-21(31)16-7-5-14(6-8-16)13-18(22(32)33-4)28-20(30)19(29)15-9-11-17(12-10-15)24(25,26)27/h5-12,18-19,29H,13H2,1-4H3,(H,28,30)/t18-,19-/m0/s1. The van der Waals surface area contributed by atoms with Crippen molar-refractivity contribution in [2.24, 2.45) is 0 Å². The molecular formula is C24H26F3NO6. The largest absolute Gasteiger partial charge is 0.467 e. The van der Waals surface area contributed by atoms with Crippen molar-refractivity contribution in [3.8, 4) is 0 Å². The van der Waals surface area contributed by atoms with Crippen molar-refractivity contribution in [3.05, 3.63) is 70.8 Å². The van der Waals surface area contributed by atoms with Crippen LogP contribution in [0.25, 0.3) is 0 Å². The monoisotopic (exact) mass is 481 g/mol. The fourth-order valence-electron chi connectivity index (χ4n) is 2.94. The Morgan fingerprint density at radius 2 is 1.53 bits per heavy atom. The molecule has 1 amide bonds. The lowest BCUT2D eigenvalue weighted by molar-refractivity contribution is -0.146. The van der Waals surface area contributed by atoms with Gasteiger partial charge in [0, 0.05) is 6.42 Å². The second kappa shape index (κ2) is 10.7. The van der Waals surface area contributed by atoms with E-state index in [2.05, 4.69) is 5.32 Å². The van der Waals surface area contributed by atoms with E-state index in [1.54, 1.807) is 32.9 Å². The topological polar surface area (TPSA) is 102 Å². The van der Waals surface area contributed by atoms with Crippen LogP contribution in [0.4, 0.5) is 13.2 Å². The van der Waals surface area contributed by atoms with E-state index in [4.69, 9.17) is 9.47 Å². The van der Waals surface area contributed by atoms with Crippen LogP contribution in [0.1, 0.15) is 53.9 Å². The first-order valence-corrected chi connectivity index (χ1v) is 10.3. The molecule has 2 rings (SSSR count). The molecule has 0 saturated heterocycles. The number of rotatable bonds is 7. The number of aliphatic hydroxyl groups is 1. The van der Waals surface area contributed by atoms with Crippen LogP contribution in [0.5, 0.6) is 0 Å². The van der Waals surface area contributed by atoms with Gasteiger partial charge in [-0.3, -0.25) is 4.79 Å². The summed E-state index contributed by atoms with van der Waals surface area (Å²) in [4.78, 5) is 36.8. The van der Waals surface area contributed by atoms with Crippen LogP contribution in [0.2, 0.25) is 0 Å². The Hall–Kier alpha value is -3.40. The number of hydrogen-bond donors (Lipinski definition) is 2. The van der Waals surface area contributed by atoms with Gasteiger partial charge in [-0.05, 0) is 56.2 Å². The predicted molar refractivity (Wildman–Crippen MR) is 116 cm³/mol. The van der Waals surface area contributed by atoms with Crippen LogP contribution in [-0.2, 0) is 31.7 Å². The van der Waals surface area contributed by atoms with Crippen molar-refractivity contribution in [1.82, 2.24) is 5.32 Å². The molecule has 10 heteroatoms. The molecule has 0 spiro atoms. The molecule has 34 heavy (non-hydrogen) atoms. The number of carbonyl (C=O) groups is 3. The van der Waals surface area contributed by atoms with Gasteiger partial charge >= 0.3 is 18.1 Å². The molecule has 2 aromatic rings. The first kappa shape index (κ1) is 26.8. The number of nitrogens with one attached hydrogen (secondary N) is 1. The summed E-state index contributed by atoms with van der Waals surface area (Å²) in [7, 11) is 1.12. The number of hydrogen-bond acceptors (Lipinski definition) is 6. The Kier molecular flexibility index (Phi) is 8.44. The lowest BCUT2D eigenvalue weighted by Gasteiger charge is -2.20. The number of benzene rings is 2. The Balaban J connectivity index is 2.10. The zero-order valence-electron chi connectivity index (χ0n) is 19.1. The smallest absolute Gasteiger partial charge is 0.416 e. The summed E-state index contributed by atoms with van der Waals surface area (Å²) in [6.07, 6.45) is -6.38. The third kappa shape index (κ3) is 7.58. The summed E-state index contributed by atoms with van der Waals surface area (Å²) in [5.74, 6) is -2.29. The second-order valence-corrected chi connectivity index (χ2v) is 8.51. The van der Waals surface area contributed by atoms with Crippen LogP contribution in [0.3, 0.4) is 0 Å². The van der Waals surface area contributed by atoms with Crippen molar-refractivity contribution < 1.29 is 42.1 Å². The number of esters is 2. The summed E-state index contributed by atoms with van der Waals surface area (Å²) in [5, 5.41) is 12.6. The quantitative estimate of drug-likeness (QED) is 0.586. The first-order valence-electron chi connectivity index (χ1n) is 10.3. The number of halogens is 3. The number of ether oxygens (including phenoxy) is 2. The second-order valence-electron chi connectivity index (χ2n) is 8.51. The highest BCUT2D eigenvalue weighted by atomic mass is 19.4. The van der Waals surface area contributed by atoms with Gasteiger partial charge in [0.25, 0.3) is 5.91 Å². The van der Waals surface area contributed by atoms with Gasteiger partial charge in [-0.25, -0.2) is 9.59 Å². The minimum absolute atomic E-state index is 0.0211. The summed E-state index contributed by atoms with van der Waals surface area (Å²) in [6.45, 7) is 5.21. The average molecular weight is 481 g/mol. The van der Waals surface area contributed by atoms with E-state index in [-0.39, 0.29) is 12.0 Å². The third-order valence-corrected chi connectivity index (χ3v) is 4.63. The van der Waals surface area contributed by atoms with Crippen LogP contribution < -0.4 is 5.32 Å². The van der Waals surface area contributed by atoms with E-state index in [1.807, 2.05) is 0 Å². The molecule has 0 bridgehead atoms. The highest BCUT2D eigenvalue weighted by Gasteiger charge is 2.31. The van der Waals surface area contributed by atoms with Gasteiger partial charge in [-0.15, -0.1) is 0 Å². The Bertz CT molecular complexity index is 1010. The zero-order chi connectivity index (χ0) is 25.7. The number of carbonyl (C=O) groups excluding carboxylic acids is 3. The average Bonchev–Trinajstić information content (AvgIpc) is 2.76. The highest BCUT2D eigenvalue weighted by molar-refractivity contribution is 5.90. The van der Waals surface area contributed by atoms with E-state index in [9.17, 15) is 32.7 Å². The molecule has 2 aromatic carbocycles. The van der Waals surface area contributed by atoms with Gasteiger partial charge in [-0.1, -0.05) is 24.3 Å². The Morgan fingerprint density at radius 1 is 0.971 bits per heavy atom. The van der Waals surface area contributed by atoms with Crippen molar-refractivity contribution in [2.75, 3.05) is 7.11 Å². The minimum Gasteiger partial charge on any atom is -0.467 e. The lowest BCUT2D eigenvalue weighted by Crippen LogP contribution is -2.45. The normalized spacial score (nSPS) is 13.5. The van der Waals surface area contributed by atoms with Gasteiger partial charge in [0.2, 0.25) is 0 Å². The maximum atomic E-state index is 12.7. The van der Waals surface area contributed by atoms with Crippen LogP contribution in [0.15, 0.2) is 48.5 Å². The van der Waals surface area contributed by atoms with Gasteiger partial charge in [0.1, 0.15) is 11.6 Å². The van der Waals surface area contributed by atoms with Gasteiger partial charge in [-0.2, -0.15) is 13.2 Å². The number of alkyl halides is 3. The summed E-state index contributed by atoms with van der Waals surface area (Å²) >= 11 is 0. The van der Waals surface area contributed by atoms with Crippen LogP contribution in [-0.4, -0.2) is 41.7 Å². The van der Waals surface area contributed by atoms with Crippen molar-refractivity contribution in [3.63, 3.8) is 0 Å². The van der Waals surface area contributed by atoms with Crippen LogP contribution >= 0.6 is 0 Å². The SMILES string of the molecule is COC(=O)[C@H](Cc1ccc(C(=O)OC(C)(C)C)cc1)NC(=O)[C@@H](O)c1ccc(C(F)(F)F)cc1. The van der Waals surface area contributed by atoms with Crippen molar-refractivity contribution >= 4 is 17.8 Å². The summed E-state index contributed by atoms with van der Waals surface area (Å²) in [5.41, 5.74) is -0.784. The molecule has 0 aliphatic carbocycles. The van der Waals surface area contributed by atoms with E-state index in [0.717, 1.165) is 31.4 Å². The molecule has 7 nitrogen and oxygen atoms in total. The Morgan fingerprint density at radius 3 is 2.00 bits per heavy atom. The van der Waals surface area contributed by atoms with E-state index in [0.29, 0.717) is 11.1 Å². The fourth-order valence-corrected chi connectivity index (χ4v) is 2.94. The molecule has 0 aliphatic rings. The highest BCUT2D eigenvalue weighted by Crippen LogP contribution is 2.30. The van der Waals surface area contributed by atoms with Crippen molar-refractivity contribution in [1.29, 1.82) is 0 Å². The van der Waals surface area contributed by atoms with E-state index in [1.165, 1.54) is 12.1 Å². The molecule has 0 aliphatic heterocycles. The van der Waals surface area contributed by atoms with Gasteiger partial charge in [0.05, 0.1) is 18.2 Å². The zero-order valence-corrected chi connectivity index (χ0v) is 19.1. The fraction of sp³-hybridized carbons (Fsp3) is 0.375. The number of aliphatic hydroxyl groups excluding tert-OH is 1. The molecule has 2 N–H and O–H groups in total. The predicted octanol–water partition coefficient (Wildman–Crippen LogP) is 3.59. The molecule has 0 saturated carbocycles. The molecule has 0 heterocycles. The number of methoxy groups -OCH3 is 1. The summed E-state index contributed by atoms with van der Waals surface area (Å²) in [6, 6.07) is 8.44. The maximum absolute atomic E-state index is 12.7. The maximum Gasteiger partial charge on any atom is 0.416 e. The molecule has 2 atom stereocenters. The molecular weight excluding hydrogens is 455 g/mol. The molecule has 0 radical (unpaired) electrons. The van der Waals surface area contributed by atoms with Gasteiger partial charge < -0.3 is 19.9 Å².